The highest BCUT2D eigenvalue weighted by Gasteiger charge is 2.11. The van der Waals surface area contributed by atoms with Gasteiger partial charge in [0.25, 0.3) is 0 Å². The number of carbonyl (C=O) groups is 1. The molecule has 0 atom stereocenters. The first-order valence-electron chi connectivity index (χ1n) is 5.54. The molecule has 1 amide bonds. The van der Waals surface area contributed by atoms with Crippen LogP contribution in [0.15, 0.2) is 30.5 Å². The number of amides is 1. The van der Waals surface area contributed by atoms with Gasteiger partial charge in [-0.2, -0.15) is 0 Å². The van der Waals surface area contributed by atoms with E-state index in [2.05, 4.69) is 4.98 Å². The number of nitrogens with zero attached hydrogens (tertiary/aromatic N) is 1. The van der Waals surface area contributed by atoms with Crippen LogP contribution >= 0.6 is 0 Å². The molecule has 0 spiro atoms. The third-order valence-corrected chi connectivity index (χ3v) is 2.71. The SMILES string of the molecule is CN(Cc1c[nH]c(-c2cc(F)ccc2F)c1)C(=O)O. The van der Waals surface area contributed by atoms with E-state index < -0.39 is 17.7 Å². The molecule has 0 saturated heterocycles. The van der Waals surface area contributed by atoms with Crippen LogP contribution in [0.4, 0.5) is 13.6 Å². The fourth-order valence-corrected chi connectivity index (χ4v) is 1.73. The van der Waals surface area contributed by atoms with Crippen molar-refractivity contribution < 1.29 is 18.7 Å². The number of H-pyrrole nitrogens is 1. The van der Waals surface area contributed by atoms with Crippen LogP contribution in [0.5, 0.6) is 0 Å². The number of aromatic nitrogens is 1. The number of aromatic amines is 1. The summed E-state index contributed by atoms with van der Waals surface area (Å²) < 4.78 is 26.7. The summed E-state index contributed by atoms with van der Waals surface area (Å²) >= 11 is 0. The van der Waals surface area contributed by atoms with E-state index in [1.54, 1.807) is 12.3 Å². The van der Waals surface area contributed by atoms with Crippen LogP contribution in [-0.2, 0) is 6.54 Å². The largest absolute Gasteiger partial charge is 0.465 e. The Labute approximate surface area is 108 Å². The van der Waals surface area contributed by atoms with E-state index in [9.17, 15) is 13.6 Å². The lowest BCUT2D eigenvalue weighted by atomic mass is 10.1. The summed E-state index contributed by atoms with van der Waals surface area (Å²) in [5.41, 5.74) is 1.19. The summed E-state index contributed by atoms with van der Waals surface area (Å²) in [7, 11) is 1.43. The van der Waals surface area contributed by atoms with Crippen molar-refractivity contribution in [1.82, 2.24) is 9.88 Å². The first-order chi connectivity index (χ1) is 8.97. The molecule has 0 aliphatic rings. The standard InChI is InChI=1S/C13H12F2N2O2/c1-17(13(18)19)7-8-4-12(16-6-8)10-5-9(14)2-3-11(10)15/h2-6,16H,7H2,1H3,(H,18,19). The van der Waals surface area contributed by atoms with E-state index in [1.165, 1.54) is 7.05 Å². The van der Waals surface area contributed by atoms with Crippen molar-refractivity contribution in [3.63, 3.8) is 0 Å². The van der Waals surface area contributed by atoms with Gasteiger partial charge in [0.05, 0.1) is 6.54 Å². The molecule has 0 saturated carbocycles. The van der Waals surface area contributed by atoms with Crippen LogP contribution < -0.4 is 0 Å². The number of rotatable bonds is 3. The molecule has 1 heterocycles. The molecule has 0 aliphatic carbocycles. The smallest absolute Gasteiger partial charge is 0.407 e. The van der Waals surface area contributed by atoms with Crippen molar-refractivity contribution in [1.29, 1.82) is 0 Å². The van der Waals surface area contributed by atoms with Gasteiger partial charge in [-0.25, -0.2) is 13.6 Å². The van der Waals surface area contributed by atoms with Crippen molar-refractivity contribution in [2.24, 2.45) is 0 Å². The first-order valence-corrected chi connectivity index (χ1v) is 5.54. The molecule has 2 N–H and O–H groups in total. The molecule has 0 bridgehead atoms. The Bertz CT molecular complexity index is 610. The van der Waals surface area contributed by atoms with Crippen molar-refractivity contribution in [3.8, 4) is 11.3 Å². The van der Waals surface area contributed by atoms with E-state index in [4.69, 9.17) is 5.11 Å². The summed E-state index contributed by atoms with van der Waals surface area (Å²) in [6.07, 6.45) is 0.513. The number of benzene rings is 1. The van der Waals surface area contributed by atoms with Gasteiger partial charge in [-0.15, -0.1) is 0 Å². The molecule has 2 rings (SSSR count). The summed E-state index contributed by atoms with van der Waals surface area (Å²) in [5.74, 6) is -1.07. The molecule has 0 radical (unpaired) electrons. The van der Waals surface area contributed by atoms with Gasteiger partial charge >= 0.3 is 6.09 Å². The molecule has 0 unspecified atom stereocenters. The molecule has 4 nitrogen and oxygen atoms in total. The highest BCUT2D eigenvalue weighted by Crippen LogP contribution is 2.23. The Balaban J connectivity index is 2.26. The maximum absolute atomic E-state index is 13.6. The van der Waals surface area contributed by atoms with Gasteiger partial charge in [-0.05, 0) is 29.8 Å². The van der Waals surface area contributed by atoms with E-state index in [0.29, 0.717) is 11.3 Å². The molecule has 0 aliphatic heterocycles. The van der Waals surface area contributed by atoms with Crippen molar-refractivity contribution in [2.45, 2.75) is 6.54 Å². The third kappa shape index (κ3) is 2.90. The molecule has 1 aromatic heterocycles. The van der Waals surface area contributed by atoms with Crippen LogP contribution in [0.2, 0.25) is 0 Å². The first kappa shape index (κ1) is 13.1. The van der Waals surface area contributed by atoms with E-state index in [1.807, 2.05) is 0 Å². The monoisotopic (exact) mass is 266 g/mol. The zero-order valence-electron chi connectivity index (χ0n) is 10.2. The van der Waals surface area contributed by atoms with Gasteiger partial charge < -0.3 is 15.0 Å². The number of nitrogens with one attached hydrogen (secondary N) is 1. The van der Waals surface area contributed by atoms with Gasteiger partial charge in [-0.1, -0.05) is 0 Å². The van der Waals surface area contributed by atoms with Crippen LogP contribution in [0, 0.1) is 11.6 Å². The molecule has 1 aromatic carbocycles. The van der Waals surface area contributed by atoms with E-state index in [-0.39, 0.29) is 12.1 Å². The van der Waals surface area contributed by atoms with Crippen molar-refractivity contribution in [3.05, 3.63) is 47.7 Å². The van der Waals surface area contributed by atoms with Crippen LogP contribution in [-0.4, -0.2) is 28.1 Å². The maximum atomic E-state index is 13.6. The predicted molar refractivity (Wildman–Crippen MR) is 65.6 cm³/mol. The maximum Gasteiger partial charge on any atom is 0.407 e. The molecular weight excluding hydrogens is 254 g/mol. The number of hydrogen-bond acceptors (Lipinski definition) is 1. The quantitative estimate of drug-likeness (QED) is 0.897. The minimum absolute atomic E-state index is 0.115. The zero-order valence-corrected chi connectivity index (χ0v) is 10.2. The molecule has 0 fully saturated rings. The van der Waals surface area contributed by atoms with Gasteiger partial charge in [0.15, 0.2) is 0 Å². The lowest BCUT2D eigenvalue weighted by Crippen LogP contribution is -2.23. The van der Waals surface area contributed by atoms with E-state index in [0.717, 1.165) is 23.1 Å². The predicted octanol–water partition coefficient (Wildman–Crippen LogP) is 3.07. The fourth-order valence-electron chi connectivity index (χ4n) is 1.73. The minimum Gasteiger partial charge on any atom is -0.465 e. The van der Waals surface area contributed by atoms with Crippen molar-refractivity contribution >= 4 is 6.09 Å². The molecular formula is C13H12F2N2O2. The van der Waals surface area contributed by atoms with Crippen LogP contribution in [0.1, 0.15) is 5.56 Å². The number of halogens is 2. The Hall–Kier alpha value is -2.37. The Morgan fingerprint density at radius 3 is 2.79 bits per heavy atom. The summed E-state index contributed by atoms with van der Waals surface area (Å²) in [4.78, 5) is 14.6. The van der Waals surface area contributed by atoms with Gasteiger partial charge in [0.2, 0.25) is 0 Å². The Morgan fingerprint density at radius 2 is 2.11 bits per heavy atom. The highest BCUT2D eigenvalue weighted by molar-refractivity contribution is 5.65. The Morgan fingerprint density at radius 1 is 1.37 bits per heavy atom. The fraction of sp³-hybridized carbons (Fsp3) is 0.154. The number of carboxylic acid groups (broad SMARTS) is 1. The molecule has 6 heteroatoms. The van der Waals surface area contributed by atoms with Crippen LogP contribution in [0.3, 0.4) is 0 Å². The zero-order chi connectivity index (χ0) is 14.0. The van der Waals surface area contributed by atoms with E-state index >= 15 is 0 Å². The molecule has 2 aromatic rings. The van der Waals surface area contributed by atoms with Gasteiger partial charge in [0.1, 0.15) is 11.6 Å². The molecule has 19 heavy (non-hydrogen) atoms. The van der Waals surface area contributed by atoms with Crippen LogP contribution in [0.25, 0.3) is 11.3 Å². The average molecular weight is 266 g/mol. The minimum atomic E-state index is -1.06. The van der Waals surface area contributed by atoms with Gasteiger partial charge in [0, 0.05) is 24.5 Å². The average Bonchev–Trinajstić information content (AvgIpc) is 2.80. The normalized spacial score (nSPS) is 10.5. The summed E-state index contributed by atoms with van der Waals surface area (Å²) in [6.45, 7) is 0.169. The molecule has 100 valence electrons. The second-order valence-corrected chi connectivity index (χ2v) is 4.18. The Kier molecular flexibility index (Phi) is 3.50. The van der Waals surface area contributed by atoms with Crippen molar-refractivity contribution in [2.75, 3.05) is 7.05 Å². The second kappa shape index (κ2) is 5.09. The van der Waals surface area contributed by atoms with Gasteiger partial charge in [-0.3, -0.25) is 0 Å². The topological polar surface area (TPSA) is 56.3 Å². The number of hydrogen-bond donors (Lipinski definition) is 2. The lowest BCUT2D eigenvalue weighted by Gasteiger charge is -2.10. The summed E-state index contributed by atoms with van der Waals surface area (Å²) in [5, 5.41) is 8.75. The third-order valence-electron chi connectivity index (χ3n) is 2.71. The second-order valence-electron chi connectivity index (χ2n) is 4.18. The lowest BCUT2D eigenvalue weighted by molar-refractivity contribution is 0.154. The highest BCUT2D eigenvalue weighted by atomic mass is 19.1. The summed E-state index contributed by atoms with van der Waals surface area (Å²) in [6, 6.07) is 4.78.